The molecule has 2 heteroatoms. The summed E-state index contributed by atoms with van der Waals surface area (Å²) in [6.45, 7) is 5.59. The highest BCUT2D eigenvalue weighted by Gasteiger charge is 2.32. The molecule has 2 aliphatic carbocycles. The maximum Gasteiger partial charge on any atom is 0.0252 e. The van der Waals surface area contributed by atoms with Crippen LogP contribution in [0.25, 0.3) is 0 Å². The summed E-state index contributed by atoms with van der Waals surface area (Å²) >= 11 is 0. The minimum absolute atomic E-state index is 0.00507. The van der Waals surface area contributed by atoms with Crippen molar-refractivity contribution in [2.24, 2.45) is 5.73 Å². The molecule has 2 nitrogen and oxygen atoms in total. The number of hydrogen-bond donors (Lipinski definition) is 1. The Morgan fingerprint density at radius 1 is 0.895 bits per heavy atom. The highest BCUT2D eigenvalue weighted by atomic mass is 15.2. The van der Waals surface area contributed by atoms with Crippen LogP contribution in [0.3, 0.4) is 0 Å². The van der Waals surface area contributed by atoms with Crippen LogP contribution < -0.4 is 5.73 Å². The van der Waals surface area contributed by atoms with Gasteiger partial charge in [0.15, 0.2) is 0 Å². The van der Waals surface area contributed by atoms with Gasteiger partial charge in [-0.3, -0.25) is 4.90 Å². The molecule has 0 radical (unpaired) electrons. The summed E-state index contributed by atoms with van der Waals surface area (Å²) in [6.07, 6.45) is 15.4. The van der Waals surface area contributed by atoms with Crippen LogP contribution in [0.5, 0.6) is 0 Å². The van der Waals surface area contributed by atoms with E-state index in [2.05, 4.69) is 18.7 Å². The standard InChI is InChI=1S/C17H34N2/c1-3-17(2,18)14-19(15-10-6-4-7-11-15)16-12-8-5-9-13-16/h15-16H,3-14,18H2,1-2H3. The second-order valence-corrected chi connectivity index (χ2v) is 7.26. The Balaban J connectivity index is 2.02. The SMILES string of the molecule is CCC(C)(N)CN(C1CCCCC1)C1CCCCC1. The van der Waals surface area contributed by atoms with Gasteiger partial charge in [0.05, 0.1) is 0 Å². The number of rotatable bonds is 5. The Kier molecular flexibility index (Phi) is 5.70. The van der Waals surface area contributed by atoms with Crippen molar-refractivity contribution >= 4 is 0 Å². The molecule has 2 N–H and O–H groups in total. The predicted octanol–water partition coefficient (Wildman–Crippen LogP) is 4.08. The van der Waals surface area contributed by atoms with Crippen molar-refractivity contribution in [2.75, 3.05) is 6.54 Å². The van der Waals surface area contributed by atoms with Gasteiger partial charge in [-0.25, -0.2) is 0 Å². The first kappa shape index (κ1) is 15.3. The summed E-state index contributed by atoms with van der Waals surface area (Å²) in [4.78, 5) is 2.84. The van der Waals surface area contributed by atoms with E-state index < -0.39 is 0 Å². The van der Waals surface area contributed by atoms with Crippen molar-refractivity contribution in [3.8, 4) is 0 Å². The van der Waals surface area contributed by atoms with Crippen LogP contribution in [0.4, 0.5) is 0 Å². The molecular formula is C17H34N2. The highest BCUT2D eigenvalue weighted by Crippen LogP contribution is 2.31. The maximum absolute atomic E-state index is 6.49. The van der Waals surface area contributed by atoms with Crippen molar-refractivity contribution in [3.63, 3.8) is 0 Å². The number of hydrogen-bond acceptors (Lipinski definition) is 2. The average Bonchev–Trinajstić information content (AvgIpc) is 2.47. The Morgan fingerprint density at radius 3 is 1.68 bits per heavy atom. The lowest BCUT2D eigenvalue weighted by molar-refractivity contribution is 0.0590. The molecule has 2 fully saturated rings. The van der Waals surface area contributed by atoms with Crippen LogP contribution in [0.2, 0.25) is 0 Å². The summed E-state index contributed by atoms with van der Waals surface area (Å²) in [5, 5.41) is 0. The van der Waals surface area contributed by atoms with E-state index in [1.165, 1.54) is 64.2 Å². The topological polar surface area (TPSA) is 29.3 Å². The van der Waals surface area contributed by atoms with Crippen molar-refractivity contribution in [1.29, 1.82) is 0 Å². The summed E-state index contributed by atoms with van der Waals surface area (Å²) in [6, 6.07) is 1.65. The lowest BCUT2D eigenvalue weighted by Gasteiger charge is -2.45. The van der Waals surface area contributed by atoms with Crippen LogP contribution in [0.1, 0.15) is 84.5 Å². The molecule has 0 aliphatic heterocycles. The Morgan fingerprint density at radius 2 is 1.32 bits per heavy atom. The van der Waals surface area contributed by atoms with Gasteiger partial charge in [-0.15, -0.1) is 0 Å². The minimum atomic E-state index is -0.00507. The minimum Gasteiger partial charge on any atom is -0.324 e. The second kappa shape index (κ2) is 7.08. The molecular weight excluding hydrogens is 232 g/mol. The summed E-state index contributed by atoms with van der Waals surface area (Å²) < 4.78 is 0. The molecule has 2 saturated carbocycles. The third-order valence-corrected chi connectivity index (χ3v) is 5.44. The fraction of sp³-hybridized carbons (Fsp3) is 1.00. The Labute approximate surface area is 120 Å². The monoisotopic (exact) mass is 266 g/mol. The molecule has 0 heterocycles. The van der Waals surface area contributed by atoms with Crippen LogP contribution in [-0.4, -0.2) is 29.1 Å². The predicted molar refractivity (Wildman–Crippen MR) is 83.3 cm³/mol. The van der Waals surface area contributed by atoms with E-state index in [1.807, 2.05) is 0 Å². The zero-order chi connectivity index (χ0) is 13.7. The number of nitrogens with zero attached hydrogens (tertiary/aromatic N) is 1. The van der Waals surface area contributed by atoms with E-state index in [1.54, 1.807) is 0 Å². The molecule has 0 saturated heterocycles. The first-order valence-electron chi connectivity index (χ1n) is 8.67. The normalized spacial score (nSPS) is 26.5. The van der Waals surface area contributed by atoms with E-state index in [-0.39, 0.29) is 5.54 Å². The molecule has 2 aliphatic rings. The molecule has 2 rings (SSSR count). The molecule has 0 spiro atoms. The zero-order valence-corrected chi connectivity index (χ0v) is 13.2. The third kappa shape index (κ3) is 4.46. The maximum atomic E-state index is 6.49. The molecule has 1 unspecified atom stereocenters. The molecule has 0 bridgehead atoms. The lowest BCUT2D eigenvalue weighted by Crippen LogP contribution is -2.55. The molecule has 0 aromatic rings. The summed E-state index contributed by atoms with van der Waals surface area (Å²) in [5.41, 5.74) is 6.48. The highest BCUT2D eigenvalue weighted by molar-refractivity contribution is 4.90. The average molecular weight is 266 g/mol. The van der Waals surface area contributed by atoms with Crippen LogP contribution in [-0.2, 0) is 0 Å². The molecule has 112 valence electrons. The smallest absolute Gasteiger partial charge is 0.0252 e. The van der Waals surface area contributed by atoms with Crippen LogP contribution in [0, 0.1) is 0 Å². The van der Waals surface area contributed by atoms with Gasteiger partial charge in [-0.2, -0.15) is 0 Å². The zero-order valence-electron chi connectivity index (χ0n) is 13.2. The van der Waals surface area contributed by atoms with E-state index in [9.17, 15) is 0 Å². The van der Waals surface area contributed by atoms with Gasteiger partial charge in [0, 0.05) is 24.2 Å². The van der Waals surface area contributed by atoms with Gasteiger partial charge >= 0.3 is 0 Å². The van der Waals surface area contributed by atoms with Crippen molar-refractivity contribution in [3.05, 3.63) is 0 Å². The largest absolute Gasteiger partial charge is 0.324 e. The Bertz CT molecular complexity index is 232. The first-order chi connectivity index (χ1) is 9.12. The second-order valence-electron chi connectivity index (χ2n) is 7.26. The molecule has 0 amide bonds. The fourth-order valence-corrected chi connectivity index (χ4v) is 3.91. The van der Waals surface area contributed by atoms with Crippen molar-refractivity contribution in [2.45, 2.75) is 102 Å². The van der Waals surface area contributed by atoms with Gasteiger partial charge in [0.25, 0.3) is 0 Å². The van der Waals surface area contributed by atoms with Crippen molar-refractivity contribution in [1.82, 2.24) is 4.90 Å². The van der Waals surface area contributed by atoms with Gasteiger partial charge in [-0.1, -0.05) is 45.4 Å². The fourth-order valence-electron chi connectivity index (χ4n) is 3.91. The van der Waals surface area contributed by atoms with Gasteiger partial charge in [0.1, 0.15) is 0 Å². The van der Waals surface area contributed by atoms with E-state index >= 15 is 0 Å². The van der Waals surface area contributed by atoms with E-state index in [4.69, 9.17) is 5.73 Å². The lowest BCUT2D eigenvalue weighted by atomic mass is 9.86. The van der Waals surface area contributed by atoms with Gasteiger partial charge < -0.3 is 5.73 Å². The summed E-state index contributed by atoms with van der Waals surface area (Å²) in [5.74, 6) is 0. The molecule has 0 aromatic carbocycles. The van der Waals surface area contributed by atoms with Gasteiger partial charge in [0.2, 0.25) is 0 Å². The van der Waals surface area contributed by atoms with Crippen molar-refractivity contribution < 1.29 is 0 Å². The van der Waals surface area contributed by atoms with Crippen LogP contribution >= 0.6 is 0 Å². The summed E-state index contributed by atoms with van der Waals surface area (Å²) in [7, 11) is 0. The van der Waals surface area contributed by atoms with Gasteiger partial charge in [-0.05, 0) is 39.0 Å². The Hall–Kier alpha value is -0.0800. The van der Waals surface area contributed by atoms with Crippen LogP contribution in [0.15, 0.2) is 0 Å². The quantitative estimate of drug-likeness (QED) is 0.812. The van der Waals surface area contributed by atoms with E-state index in [0.29, 0.717) is 0 Å². The molecule has 19 heavy (non-hydrogen) atoms. The number of nitrogens with two attached hydrogens (primary N) is 1. The first-order valence-corrected chi connectivity index (χ1v) is 8.67. The third-order valence-electron chi connectivity index (χ3n) is 5.44. The molecule has 1 atom stereocenters. The van der Waals surface area contributed by atoms with E-state index in [0.717, 1.165) is 25.0 Å². The molecule has 0 aromatic heterocycles.